The van der Waals surface area contributed by atoms with Gasteiger partial charge in [0, 0.05) is 30.9 Å². The Morgan fingerprint density at radius 2 is 2.39 bits per heavy atom. The van der Waals surface area contributed by atoms with Crippen molar-refractivity contribution >= 4 is 11.4 Å². The molecule has 0 radical (unpaired) electrons. The van der Waals surface area contributed by atoms with Gasteiger partial charge < -0.3 is 10.2 Å². The molecule has 2 rings (SSSR count). The predicted molar refractivity (Wildman–Crippen MR) is 72.0 cm³/mol. The molecular formula is C13H19N3O2. The average molecular weight is 249 g/mol. The van der Waals surface area contributed by atoms with Gasteiger partial charge in [0.15, 0.2) is 0 Å². The zero-order valence-electron chi connectivity index (χ0n) is 10.6. The largest absolute Gasteiger partial charge is 0.371 e. The molecule has 0 bridgehead atoms. The number of piperidine rings is 1. The standard InChI is InChI=1S/C13H19N3O2/c1-14-9-11-4-3-7-15(10-11)12-5-2-6-13(8-12)16(17)18/h2,5-6,8,11,14H,3-4,7,9-10H2,1H3. The molecule has 1 aromatic carbocycles. The fourth-order valence-corrected chi connectivity index (χ4v) is 2.56. The fourth-order valence-electron chi connectivity index (χ4n) is 2.56. The van der Waals surface area contributed by atoms with Crippen molar-refractivity contribution in [2.45, 2.75) is 12.8 Å². The minimum absolute atomic E-state index is 0.170. The summed E-state index contributed by atoms with van der Waals surface area (Å²) in [6.45, 7) is 2.97. The zero-order chi connectivity index (χ0) is 13.0. The number of nitro benzene ring substituents is 1. The van der Waals surface area contributed by atoms with E-state index in [-0.39, 0.29) is 10.6 Å². The number of anilines is 1. The van der Waals surface area contributed by atoms with Gasteiger partial charge in [-0.15, -0.1) is 0 Å². The minimum Gasteiger partial charge on any atom is -0.371 e. The van der Waals surface area contributed by atoms with E-state index in [1.165, 1.54) is 6.42 Å². The molecule has 0 spiro atoms. The van der Waals surface area contributed by atoms with Gasteiger partial charge >= 0.3 is 0 Å². The molecule has 0 aromatic heterocycles. The maximum absolute atomic E-state index is 10.8. The van der Waals surface area contributed by atoms with Crippen LogP contribution in [0.15, 0.2) is 24.3 Å². The molecule has 1 atom stereocenters. The molecule has 1 aromatic rings. The molecule has 18 heavy (non-hydrogen) atoms. The highest BCUT2D eigenvalue weighted by Gasteiger charge is 2.20. The normalized spacial score (nSPS) is 19.8. The number of nitro groups is 1. The Kier molecular flexibility index (Phi) is 4.15. The molecular weight excluding hydrogens is 230 g/mol. The van der Waals surface area contributed by atoms with Crippen LogP contribution >= 0.6 is 0 Å². The lowest BCUT2D eigenvalue weighted by Gasteiger charge is -2.34. The number of non-ortho nitro benzene ring substituents is 1. The van der Waals surface area contributed by atoms with Crippen molar-refractivity contribution in [3.8, 4) is 0 Å². The molecule has 1 fully saturated rings. The fraction of sp³-hybridized carbons (Fsp3) is 0.538. The number of hydrogen-bond donors (Lipinski definition) is 1. The van der Waals surface area contributed by atoms with Gasteiger partial charge in [-0.05, 0) is 38.4 Å². The van der Waals surface area contributed by atoms with Crippen molar-refractivity contribution in [3.63, 3.8) is 0 Å². The Balaban J connectivity index is 2.10. The van der Waals surface area contributed by atoms with E-state index >= 15 is 0 Å². The van der Waals surface area contributed by atoms with Crippen molar-refractivity contribution in [1.82, 2.24) is 5.32 Å². The monoisotopic (exact) mass is 249 g/mol. The van der Waals surface area contributed by atoms with Crippen LogP contribution in [0.5, 0.6) is 0 Å². The third-order valence-corrected chi connectivity index (χ3v) is 3.42. The molecule has 1 N–H and O–H groups in total. The molecule has 1 heterocycles. The van der Waals surface area contributed by atoms with E-state index in [2.05, 4.69) is 10.2 Å². The third kappa shape index (κ3) is 2.98. The second-order valence-corrected chi connectivity index (χ2v) is 4.79. The summed E-state index contributed by atoms with van der Waals surface area (Å²) < 4.78 is 0. The van der Waals surface area contributed by atoms with Gasteiger partial charge in [0.1, 0.15) is 0 Å². The number of hydrogen-bond acceptors (Lipinski definition) is 4. The van der Waals surface area contributed by atoms with Crippen molar-refractivity contribution in [2.75, 3.05) is 31.6 Å². The van der Waals surface area contributed by atoms with Crippen molar-refractivity contribution in [1.29, 1.82) is 0 Å². The molecule has 98 valence electrons. The Bertz CT molecular complexity index is 420. The van der Waals surface area contributed by atoms with Crippen LogP contribution in [0.3, 0.4) is 0 Å². The van der Waals surface area contributed by atoms with Gasteiger partial charge in [0.05, 0.1) is 4.92 Å². The molecule has 1 unspecified atom stereocenters. The van der Waals surface area contributed by atoms with Gasteiger partial charge in [0.2, 0.25) is 0 Å². The lowest BCUT2D eigenvalue weighted by molar-refractivity contribution is -0.384. The molecule has 5 heteroatoms. The summed E-state index contributed by atoms with van der Waals surface area (Å²) in [6, 6.07) is 6.92. The van der Waals surface area contributed by atoms with E-state index in [1.54, 1.807) is 18.2 Å². The summed E-state index contributed by atoms with van der Waals surface area (Å²) in [5.74, 6) is 0.628. The maximum atomic E-state index is 10.8. The minimum atomic E-state index is -0.335. The van der Waals surface area contributed by atoms with E-state index < -0.39 is 0 Å². The van der Waals surface area contributed by atoms with Crippen LogP contribution in [0, 0.1) is 16.0 Å². The SMILES string of the molecule is CNCC1CCCN(c2cccc([N+](=O)[O-])c2)C1. The number of benzene rings is 1. The van der Waals surface area contributed by atoms with Crippen LogP contribution in [0.1, 0.15) is 12.8 Å². The second kappa shape index (κ2) is 5.82. The predicted octanol–water partition coefficient (Wildman–Crippen LogP) is 2.03. The van der Waals surface area contributed by atoms with E-state index in [4.69, 9.17) is 0 Å². The highest BCUT2D eigenvalue weighted by atomic mass is 16.6. The van der Waals surface area contributed by atoms with Crippen molar-refractivity contribution in [3.05, 3.63) is 34.4 Å². The van der Waals surface area contributed by atoms with Crippen LogP contribution in [0.4, 0.5) is 11.4 Å². The first-order valence-electron chi connectivity index (χ1n) is 6.34. The average Bonchev–Trinajstić information content (AvgIpc) is 2.39. The van der Waals surface area contributed by atoms with Crippen LogP contribution in [-0.4, -0.2) is 31.6 Å². The lowest BCUT2D eigenvalue weighted by atomic mass is 9.97. The highest BCUT2D eigenvalue weighted by Crippen LogP contribution is 2.25. The summed E-state index contributed by atoms with van der Waals surface area (Å²) >= 11 is 0. The lowest BCUT2D eigenvalue weighted by Crippen LogP contribution is -2.39. The molecule has 0 aliphatic carbocycles. The van der Waals surface area contributed by atoms with Crippen molar-refractivity contribution in [2.24, 2.45) is 5.92 Å². The Morgan fingerprint density at radius 1 is 1.56 bits per heavy atom. The van der Waals surface area contributed by atoms with E-state index in [9.17, 15) is 10.1 Å². The highest BCUT2D eigenvalue weighted by molar-refractivity contribution is 5.53. The maximum Gasteiger partial charge on any atom is 0.271 e. The molecule has 0 amide bonds. The van der Waals surface area contributed by atoms with E-state index in [1.807, 2.05) is 13.1 Å². The second-order valence-electron chi connectivity index (χ2n) is 4.79. The van der Waals surface area contributed by atoms with Crippen LogP contribution < -0.4 is 10.2 Å². The van der Waals surface area contributed by atoms with Gasteiger partial charge in [-0.1, -0.05) is 6.07 Å². The summed E-state index contributed by atoms with van der Waals surface area (Å²) in [4.78, 5) is 12.7. The Hall–Kier alpha value is -1.62. The number of nitrogens with zero attached hydrogens (tertiary/aromatic N) is 2. The van der Waals surface area contributed by atoms with E-state index in [0.29, 0.717) is 5.92 Å². The van der Waals surface area contributed by atoms with E-state index in [0.717, 1.165) is 31.7 Å². The topological polar surface area (TPSA) is 58.4 Å². The smallest absolute Gasteiger partial charge is 0.271 e. The molecule has 1 aliphatic heterocycles. The first kappa shape index (κ1) is 12.8. The van der Waals surface area contributed by atoms with Gasteiger partial charge in [-0.2, -0.15) is 0 Å². The van der Waals surface area contributed by atoms with Gasteiger partial charge in [-0.3, -0.25) is 10.1 Å². The van der Waals surface area contributed by atoms with Crippen LogP contribution in [0.2, 0.25) is 0 Å². The third-order valence-electron chi connectivity index (χ3n) is 3.42. The number of nitrogens with one attached hydrogen (secondary N) is 1. The molecule has 1 aliphatic rings. The summed E-state index contributed by atoms with van der Waals surface area (Å²) in [6.07, 6.45) is 2.38. The Morgan fingerprint density at radius 3 is 3.11 bits per heavy atom. The molecule has 1 saturated heterocycles. The first-order chi connectivity index (χ1) is 8.70. The summed E-state index contributed by atoms with van der Waals surface area (Å²) in [5.41, 5.74) is 1.13. The summed E-state index contributed by atoms with van der Waals surface area (Å²) in [7, 11) is 1.96. The van der Waals surface area contributed by atoms with Gasteiger partial charge in [0.25, 0.3) is 5.69 Å². The van der Waals surface area contributed by atoms with Crippen LogP contribution in [-0.2, 0) is 0 Å². The zero-order valence-corrected chi connectivity index (χ0v) is 10.6. The summed E-state index contributed by atoms with van der Waals surface area (Å²) in [5, 5.41) is 14.0. The molecule has 0 saturated carbocycles. The van der Waals surface area contributed by atoms with Crippen molar-refractivity contribution < 1.29 is 4.92 Å². The quantitative estimate of drug-likeness (QED) is 0.655. The Labute approximate surface area is 107 Å². The number of rotatable bonds is 4. The first-order valence-corrected chi connectivity index (χ1v) is 6.34. The molecule has 5 nitrogen and oxygen atoms in total. The van der Waals surface area contributed by atoms with Crippen LogP contribution in [0.25, 0.3) is 0 Å². The van der Waals surface area contributed by atoms with Gasteiger partial charge in [-0.25, -0.2) is 0 Å².